The molecule has 3 unspecified atom stereocenters. The molecule has 1 fully saturated rings. The first-order valence-electron chi connectivity index (χ1n) is 7.40. The summed E-state index contributed by atoms with van der Waals surface area (Å²) < 4.78 is 0.0105. The van der Waals surface area contributed by atoms with Gasteiger partial charge in [0, 0.05) is 14.6 Å². The van der Waals surface area contributed by atoms with Gasteiger partial charge in [-0.1, -0.05) is 30.3 Å². The SMILES string of the molecule is ClC1CC(Sc2ccccc2)(c2cccs2)SC1c1cccs1. The average molecular weight is 395 g/mol. The van der Waals surface area contributed by atoms with Crippen LogP contribution in [-0.4, -0.2) is 5.38 Å². The van der Waals surface area contributed by atoms with Gasteiger partial charge >= 0.3 is 0 Å². The number of halogens is 1. The van der Waals surface area contributed by atoms with Crippen LogP contribution in [0.5, 0.6) is 0 Å². The van der Waals surface area contributed by atoms with Gasteiger partial charge in [0.05, 0.1) is 10.6 Å². The summed E-state index contributed by atoms with van der Waals surface area (Å²) in [6.45, 7) is 0. The van der Waals surface area contributed by atoms with Gasteiger partial charge < -0.3 is 0 Å². The summed E-state index contributed by atoms with van der Waals surface area (Å²) in [6.07, 6.45) is 0.988. The van der Waals surface area contributed by atoms with Crippen molar-refractivity contribution in [2.24, 2.45) is 0 Å². The minimum Gasteiger partial charge on any atom is -0.148 e. The summed E-state index contributed by atoms with van der Waals surface area (Å²) in [4.78, 5) is 4.12. The van der Waals surface area contributed by atoms with E-state index in [0.29, 0.717) is 5.25 Å². The van der Waals surface area contributed by atoms with Gasteiger partial charge in [0.1, 0.15) is 4.08 Å². The molecule has 0 saturated carbocycles. The molecule has 0 spiro atoms. The number of benzene rings is 1. The molecular formula is C18H15ClS4. The Morgan fingerprint density at radius 1 is 0.957 bits per heavy atom. The maximum absolute atomic E-state index is 6.81. The molecule has 0 amide bonds. The van der Waals surface area contributed by atoms with E-state index in [9.17, 15) is 0 Å². The summed E-state index contributed by atoms with van der Waals surface area (Å²) in [6, 6.07) is 19.4. The van der Waals surface area contributed by atoms with E-state index in [1.807, 2.05) is 46.2 Å². The van der Waals surface area contributed by atoms with E-state index in [2.05, 4.69) is 65.4 Å². The maximum atomic E-state index is 6.81. The van der Waals surface area contributed by atoms with Gasteiger partial charge in [-0.3, -0.25) is 0 Å². The van der Waals surface area contributed by atoms with Gasteiger partial charge in [0.15, 0.2) is 0 Å². The van der Waals surface area contributed by atoms with Crippen molar-refractivity contribution in [3.63, 3.8) is 0 Å². The molecule has 0 radical (unpaired) electrons. The van der Waals surface area contributed by atoms with Crippen LogP contribution in [0, 0.1) is 0 Å². The maximum Gasteiger partial charge on any atom is 0.102 e. The highest BCUT2D eigenvalue weighted by molar-refractivity contribution is 8.18. The second kappa shape index (κ2) is 6.85. The lowest BCUT2D eigenvalue weighted by atomic mass is 10.1. The summed E-state index contributed by atoms with van der Waals surface area (Å²) in [5, 5.41) is 4.85. The third-order valence-corrected chi connectivity index (χ3v) is 10.2. The zero-order chi connectivity index (χ0) is 15.7. The molecule has 1 saturated heterocycles. The van der Waals surface area contributed by atoms with E-state index in [1.165, 1.54) is 14.6 Å². The molecule has 118 valence electrons. The van der Waals surface area contributed by atoms with E-state index in [4.69, 9.17) is 11.6 Å². The van der Waals surface area contributed by atoms with Crippen molar-refractivity contribution in [2.75, 3.05) is 0 Å². The molecule has 2 aromatic heterocycles. The summed E-state index contributed by atoms with van der Waals surface area (Å²) in [5.74, 6) is 0. The fraction of sp³-hybridized carbons (Fsp3) is 0.222. The number of rotatable bonds is 4. The molecule has 3 heterocycles. The lowest BCUT2D eigenvalue weighted by molar-refractivity contribution is 0.754. The predicted octanol–water partition coefficient (Wildman–Crippen LogP) is 7.24. The third-order valence-electron chi connectivity index (χ3n) is 3.86. The minimum atomic E-state index is 0.0105. The lowest BCUT2D eigenvalue weighted by Crippen LogP contribution is -2.13. The summed E-state index contributed by atoms with van der Waals surface area (Å²) in [7, 11) is 0. The Hall–Kier alpha value is -0.390. The van der Waals surface area contributed by atoms with E-state index < -0.39 is 0 Å². The zero-order valence-corrected chi connectivity index (χ0v) is 16.2. The van der Waals surface area contributed by atoms with Crippen molar-refractivity contribution in [2.45, 2.75) is 26.0 Å². The van der Waals surface area contributed by atoms with Gasteiger partial charge in [-0.2, -0.15) is 0 Å². The Bertz CT molecular complexity index is 739. The van der Waals surface area contributed by atoms with Crippen LogP contribution in [0.25, 0.3) is 0 Å². The minimum absolute atomic E-state index is 0.0105. The van der Waals surface area contributed by atoms with Gasteiger partial charge in [-0.15, -0.1) is 57.8 Å². The lowest BCUT2D eigenvalue weighted by Gasteiger charge is -2.27. The fourth-order valence-electron chi connectivity index (χ4n) is 2.83. The number of thiophene rings is 2. The number of hydrogen-bond donors (Lipinski definition) is 0. The Kier molecular flexibility index (Phi) is 4.79. The van der Waals surface area contributed by atoms with Crippen molar-refractivity contribution in [1.82, 2.24) is 0 Å². The molecule has 1 aliphatic heterocycles. The average Bonchev–Trinajstić information content (AvgIpc) is 3.29. The molecule has 0 nitrogen and oxygen atoms in total. The summed E-state index contributed by atoms with van der Waals surface area (Å²) >= 11 is 14.5. The molecule has 23 heavy (non-hydrogen) atoms. The van der Waals surface area contributed by atoms with Crippen molar-refractivity contribution in [3.05, 3.63) is 75.1 Å². The first kappa shape index (κ1) is 16.1. The Labute approximate surface area is 158 Å². The molecule has 0 aliphatic carbocycles. The van der Waals surface area contributed by atoms with E-state index >= 15 is 0 Å². The normalized spacial score (nSPS) is 27.3. The van der Waals surface area contributed by atoms with Crippen LogP contribution in [0.3, 0.4) is 0 Å². The van der Waals surface area contributed by atoms with Crippen molar-refractivity contribution in [1.29, 1.82) is 0 Å². The van der Waals surface area contributed by atoms with Gasteiger partial charge in [-0.05, 0) is 41.4 Å². The smallest absolute Gasteiger partial charge is 0.102 e. The van der Waals surface area contributed by atoms with Crippen molar-refractivity contribution in [3.8, 4) is 0 Å². The van der Waals surface area contributed by atoms with Crippen molar-refractivity contribution >= 4 is 57.8 Å². The number of hydrogen-bond acceptors (Lipinski definition) is 4. The monoisotopic (exact) mass is 394 g/mol. The molecular weight excluding hydrogens is 380 g/mol. The quantitative estimate of drug-likeness (QED) is 0.427. The highest BCUT2D eigenvalue weighted by atomic mass is 35.5. The largest absolute Gasteiger partial charge is 0.148 e. The van der Waals surface area contributed by atoms with Crippen LogP contribution in [0.15, 0.2) is 70.3 Å². The summed E-state index contributed by atoms with van der Waals surface area (Å²) in [5.41, 5.74) is 0. The van der Waals surface area contributed by atoms with Crippen LogP contribution in [0.1, 0.15) is 21.4 Å². The number of thioether (sulfide) groups is 2. The van der Waals surface area contributed by atoms with E-state index in [1.54, 1.807) is 0 Å². The molecule has 1 aliphatic rings. The van der Waals surface area contributed by atoms with E-state index in [0.717, 1.165) is 6.42 Å². The van der Waals surface area contributed by atoms with Crippen LogP contribution < -0.4 is 0 Å². The molecule has 0 N–H and O–H groups in total. The fourth-order valence-corrected chi connectivity index (χ4v) is 9.18. The molecule has 1 aromatic carbocycles. The van der Waals surface area contributed by atoms with Crippen molar-refractivity contribution < 1.29 is 0 Å². The topological polar surface area (TPSA) is 0 Å². The molecule has 4 rings (SSSR count). The predicted molar refractivity (Wildman–Crippen MR) is 107 cm³/mol. The second-order valence-electron chi connectivity index (χ2n) is 5.42. The van der Waals surface area contributed by atoms with Crippen LogP contribution in [-0.2, 0) is 4.08 Å². The van der Waals surface area contributed by atoms with Crippen LogP contribution in [0.2, 0.25) is 0 Å². The number of alkyl halides is 1. The van der Waals surface area contributed by atoms with Gasteiger partial charge in [0.2, 0.25) is 0 Å². The zero-order valence-electron chi connectivity index (χ0n) is 12.2. The van der Waals surface area contributed by atoms with Gasteiger partial charge in [0.25, 0.3) is 0 Å². The van der Waals surface area contributed by atoms with Gasteiger partial charge in [-0.25, -0.2) is 0 Å². The standard InChI is InChI=1S/C18H15ClS4/c19-14-12-18(16-9-5-11-21-16,22-13-6-2-1-3-7-13)23-17(14)15-8-4-10-20-15/h1-11,14,17H,12H2. The highest BCUT2D eigenvalue weighted by Crippen LogP contribution is 2.66. The molecule has 5 heteroatoms. The second-order valence-corrected chi connectivity index (χ2v) is 11.0. The first-order chi connectivity index (χ1) is 11.3. The Morgan fingerprint density at radius 3 is 2.43 bits per heavy atom. The molecule has 0 bridgehead atoms. The molecule has 3 atom stereocenters. The first-order valence-corrected chi connectivity index (χ1v) is 11.3. The van der Waals surface area contributed by atoms with E-state index in [-0.39, 0.29) is 9.46 Å². The highest BCUT2D eigenvalue weighted by Gasteiger charge is 2.49. The third kappa shape index (κ3) is 3.24. The van der Waals surface area contributed by atoms with Crippen LogP contribution >= 0.6 is 57.8 Å². The Morgan fingerprint density at radius 2 is 1.74 bits per heavy atom. The molecule has 3 aromatic rings. The Balaban J connectivity index is 1.70. The van der Waals surface area contributed by atoms with Crippen LogP contribution in [0.4, 0.5) is 0 Å².